The van der Waals surface area contributed by atoms with Crippen LogP contribution in [0.1, 0.15) is 5.82 Å². The lowest BCUT2D eigenvalue weighted by Crippen LogP contribution is -1.99. The van der Waals surface area contributed by atoms with E-state index >= 15 is 0 Å². The van der Waals surface area contributed by atoms with Gasteiger partial charge in [-0.3, -0.25) is 0 Å². The Morgan fingerprint density at radius 3 is 2.53 bits per heavy atom. The minimum Gasteiger partial charge on any atom is -0.213 e. The molecule has 0 N–H and O–H groups in total. The first kappa shape index (κ1) is 12.1. The fourth-order valence-electron chi connectivity index (χ4n) is 1.98. The van der Waals surface area contributed by atoms with Crippen LogP contribution < -0.4 is 0 Å². The van der Waals surface area contributed by atoms with E-state index in [1.54, 1.807) is 0 Å². The second-order valence-electron chi connectivity index (χ2n) is 4.24. The van der Waals surface area contributed by atoms with Crippen LogP contribution in [0.25, 0.3) is 17.1 Å². The van der Waals surface area contributed by atoms with Crippen LogP contribution in [0, 0.1) is 6.92 Å². The molecule has 1 aromatic heterocycles. The third kappa shape index (κ3) is 2.44. The van der Waals surface area contributed by atoms with E-state index in [9.17, 15) is 0 Å². The summed E-state index contributed by atoms with van der Waals surface area (Å²) in [6, 6.07) is 18.1. The van der Waals surface area contributed by atoms with Gasteiger partial charge in [0.05, 0.1) is 5.69 Å². The molecule has 0 aliphatic heterocycles. The Morgan fingerprint density at radius 2 is 1.79 bits per heavy atom. The van der Waals surface area contributed by atoms with Crippen molar-refractivity contribution in [3.8, 4) is 17.1 Å². The van der Waals surface area contributed by atoms with Crippen molar-refractivity contribution in [3.63, 3.8) is 0 Å². The van der Waals surface area contributed by atoms with E-state index < -0.39 is 0 Å². The van der Waals surface area contributed by atoms with Crippen LogP contribution in [0.5, 0.6) is 0 Å². The summed E-state index contributed by atoms with van der Waals surface area (Å²) in [5, 5.41) is 4.48. The molecule has 2 aromatic carbocycles. The molecule has 0 radical (unpaired) electrons. The Bertz CT molecular complexity index is 704. The zero-order valence-corrected chi connectivity index (χ0v) is 12.0. The molecule has 3 nitrogen and oxygen atoms in total. The maximum Gasteiger partial charge on any atom is 0.163 e. The average molecular weight is 314 g/mol. The van der Waals surface area contributed by atoms with Crippen molar-refractivity contribution < 1.29 is 0 Å². The summed E-state index contributed by atoms with van der Waals surface area (Å²) in [4.78, 5) is 4.52. The Kier molecular flexibility index (Phi) is 3.17. The van der Waals surface area contributed by atoms with Crippen molar-refractivity contribution in [1.82, 2.24) is 14.8 Å². The van der Waals surface area contributed by atoms with Gasteiger partial charge in [-0.2, -0.15) is 5.10 Å². The van der Waals surface area contributed by atoms with Gasteiger partial charge in [-0.05, 0) is 25.1 Å². The van der Waals surface area contributed by atoms with Gasteiger partial charge in [0, 0.05) is 10.0 Å². The van der Waals surface area contributed by atoms with Crippen molar-refractivity contribution in [2.75, 3.05) is 0 Å². The summed E-state index contributed by atoms with van der Waals surface area (Å²) < 4.78 is 2.90. The molecule has 0 bridgehead atoms. The minimum absolute atomic E-state index is 0.763. The number of aryl methyl sites for hydroxylation is 1. The minimum atomic E-state index is 0.763. The number of aromatic nitrogens is 3. The average Bonchev–Trinajstić information content (AvgIpc) is 2.82. The lowest BCUT2D eigenvalue weighted by atomic mass is 10.2. The van der Waals surface area contributed by atoms with Gasteiger partial charge in [-0.25, -0.2) is 9.67 Å². The highest BCUT2D eigenvalue weighted by Gasteiger charge is 2.11. The number of hydrogen-bond acceptors (Lipinski definition) is 2. The molecule has 0 saturated heterocycles. The maximum absolute atomic E-state index is 4.52. The van der Waals surface area contributed by atoms with E-state index in [1.165, 1.54) is 0 Å². The van der Waals surface area contributed by atoms with E-state index in [-0.39, 0.29) is 0 Å². The van der Waals surface area contributed by atoms with Gasteiger partial charge in [0.25, 0.3) is 0 Å². The maximum atomic E-state index is 4.52. The highest BCUT2D eigenvalue weighted by atomic mass is 79.9. The molecule has 3 aromatic rings. The van der Waals surface area contributed by atoms with Gasteiger partial charge < -0.3 is 0 Å². The third-order valence-corrected chi connectivity index (χ3v) is 3.29. The second-order valence-corrected chi connectivity index (χ2v) is 5.16. The fraction of sp³-hybridized carbons (Fsp3) is 0.0667. The normalized spacial score (nSPS) is 10.6. The summed E-state index contributed by atoms with van der Waals surface area (Å²) in [5.41, 5.74) is 2.05. The largest absolute Gasteiger partial charge is 0.213 e. The van der Waals surface area contributed by atoms with E-state index in [2.05, 4.69) is 26.0 Å². The van der Waals surface area contributed by atoms with Crippen molar-refractivity contribution in [2.24, 2.45) is 0 Å². The van der Waals surface area contributed by atoms with Crippen LogP contribution in [0.2, 0.25) is 0 Å². The van der Waals surface area contributed by atoms with E-state index in [4.69, 9.17) is 0 Å². The number of nitrogens with zero attached hydrogens (tertiary/aromatic N) is 3. The molecule has 19 heavy (non-hydrogen) atoms. The molecule has 1 heterocycles. The molecular formula is C15H12BrN3. The molecule has 0 aliphatic carbocycles. The first-order chi connectivity index (χ1) is 9.24. The standard InChI is InChI=1S/C15H12BrN3/c1-11-17-15(12-6-3-2-4-7-12)19(18-11)14-9-5-8-13(16)10-14/h2-10H,1H3. The Balaban J connectivity index is 2.18. The molecule has 3 rings (SSSR count). The Labute approximate surface area is 120 Å². The van der Waals surface area contributed by atoms with Crippen LogP contribution in [0.4, 0.5) is 0 Å². The molecule has 0 atom stereocenters. The summed E-state index contributed by atoms with van der Waals surface area (Å²) in [6.45, 7) is 1.90. The zero-order valence-electron chi connectivity index (χ0n) is 10.4. The summed E-state index contributed by atoms with van der Waals surface area (Å²) in [5.74, 6) is 1.62. The Morgan fingerprint density at radius 1 is 1.00 bits per heavy atom. The molecule has 0 saturated carbocycles. The van der Waals surface area contributed by atoms with Crippen molar-refractivity contribution in [2.45, 2.75) is 6.92 Å². The predicted molar refractivity (Wildman–Crippen MR) is 79.2 cm³/mol. The fourth-order valence-corrected chi connectivity index (χ4v) is 2.36. The van der Waals surface area contributed by atoms with Gasteiger partial charge in [0.1, 0.15) is 5.82 Å². The Hall–Kier alpha value is -1.94. The van der Waals surface area contributed by atoms with E-state index in [0.717, 1.165) is 27.4 Å². The third-order valence-electron chi connectivity index (χ3n) is 2.80. The lowest BCUT2D eigenvalue weighted by Gasteiger charge is -2.06. The van der Waals surface area contributed by atoms with Crippen molar-refractivity contribution in [3.05, 3.63) is 64.9 Å². The van der Waals surface area contributed by atoms with Crippen LogP contribution >= 0.6 is 15.9 Å². The molecule has 0 fully saturated rings. The van der Waals surface area contributed by atoms with Crippen molar-refractivity contribution >= 4 is 15.9 Å². The summed E-state index contributed by atoms with van der Waals surface area (Å²) in [6.07, 6.45) is 0. The monoisotopic (exact) mass is 313 g/mol. The SMILES string of the molecule is Cc1nc(-c2ccccc2)n(-c2cccc(Br)c2)n1. The van der Waals surface area contributed by atoms with E-state index in [1.807, 2.05) is 66.2 Å². The quantitative estimate of drug-likeness (QED) is 0.715. The summed E-state index contributed by atoms with van der Waals surface area (Å²) >= 11 is 3.49. The highest BCUT2D eigenvalue weighted by molar-refractivity contribution is 9.10. The molecule has 4 heteroatoms. The number of halogens is 1. The first-order valence-corrected chi connectivity index (χ1v) is 6.78. The number of hydrogen-bond donors (Lipinski definition) is 0. The van der Waals surface area contributed by atoms with Crippen LogP contribution in [0.15, 0.2) is 59.1 Å². The topological polar surface area (TPSA) is 30.7 Å². The van der Waals surface area contributed by atoms with Gasteiger partial charge in [0.2, 0.25) is 0 Å². The van der Waals surface area contributed by atoms with Crippen LogP contribution in [0.3, 0.4) is 0 Å². The molecule has 0 spiro atoms. The molecule has 0 unspecified atom stereocenters. The van der Waals surface area contributed by atoms with E-state index in [0.29, 0.717) is 0 Å². The number of benzene rings is 2. The second kappa shape index (κ2) is 4.97. The number of rotatable bonds is 2. The smallest absolute Gasteiger partial charge is 0.163 e. The lowest BCUT2D eigenvalue weighted by molar-refractivity contribution is 0.868. The van der Waals surface area contributed by atoms with Crippen molar-refractivity contribution in [1.29, 1.82) is 0 Å². The van der Waals surface area contributed by atoms with Gasteiger partial charge in [0.15, 0.2) is 5.82 Å². The van der Waals surface area contributed by atoms with Crippen LogP contribution in [-0.2, 0) is 0 Å². The van der Waals surface area contributed by atoms with Gasteiger partial charge >= 0.3 is 0 Å². The molecular weight excluding hydrogens is 302 g/mol. The van der Waals surface area contributed by atoms with Gasteiger partial charge in [-0.1, -0.05) is 52.3 Å². The predicted octanol–water partition coefficient (Wildman–Crippen LogP) is 4.01. The summed E-state index contributed by atoms with van der Waals surface area (Å²) in [7, 11) is 0. The van der Waals surface area contributed by atoms with Crippen LogP contribution in [-0.4, -0.2) is 14.8 Å². The zero-order chi connectivity index (χ0) is 13.2. The van der Waals surface area contributed by atoms with Gasteiger partial charge in [-0.15, -0.1) is 0 Å². The molecule has 0 aliphatic rings. The molecule has 94 valence electrons. The highest BCUT2D eigenvalue weighted by Crippen LogP contribution is 2.22. The first-order valence-electron chi connectivity index (χ1n) is 5.99. The molecule has 0 amide bonds.